The molecule has 38 heavy (non-hydrogen) atoms. The van der Waals surface area contributed by atoms with Crippen LogP contribution < -0.4 is 15.4 Å². The zero-order valence-electron chi connectivity index (χ0n) is 21.2. The lowest BCUT2D eigenvalue weighted by Crippen LogP contribution is -2.19. The molecule has 0 saturated carbocycles. The number of methoxy groups -OCH3 is 1. The van der Waals surface area contributed by atoms with E-state index in [4.69, 9.17) is 9.47 Å². The minimum absolute atomic E-state index is 0.239. The molecule has 2 aromatic heterocycles. The van der Waals surface area contributed by atoms with E-state index in [1.807, 2.05) is 25.1 Å². The lowest BCUT2D eigenvalue weighted by molar-refractivity contribution is -0.176. The summed E-state index contributed by atoms with van der Waals surface area (Å²) in [5, 5.41) is 14.5. The fraction of sp³-hybridized carbons (Fsp3) is 0.333. The Morgan fingerprint density at radius 3 is 2.61 bits per heavy atom. The maximum absolute atomic E-state index is 12.6. The summed E-state index contributed by atoms with van der Waals surface area (Å²) in [4.78, 5) is 8.93. The largest absolute Gasteiger partial charge is 0.496 e. The first-order chi connectivity index (χ1) is 18.3. The van der Waals surface area contributed by atoms with Gasteiger partial charge in [0.25, 0.3) is 0 Å². The topological polar surface area (TPSA) is 94.1 Å². The Morgan fingerprint density at radius 1 is 1.03 bits per heavy atom. The van der Waals surface area contributed by atoms with Crippen molar-refractivity contribution in [3.8, 4) is 16.9 Å². The summed E-state index contributed by atoms with van der Waals surface area (Å²) in [5.74, 6) is 0.839. The number of halogens is 3. The van der Waals surface area contributed by atoms with Gasteiger partial charge in [-0.1, -0.05) is 18.2 Å². The van der Waals surface area contributed by atoms with E-state index in [0.29, 0.717) is 35.9 Å². The molecular formula is C27H29F3N6O2. The zero-order chi connectivity index (χ0) is 27.0. The summed E-state index contributed by atoms with van der Waals surface area (Å²) in [6, 6.07) is 9.05. The zero-order valence-corrected chi connectivity index (χ0v) is 21.2. The predicted octanol–water partition coefficient (Wildman–Crippen LogP) is 5.44. The van der Waals surface area contributed by atoms with Crippen molar-refractivity contribution in [3.63, 3.8) is 0 Å². The SMILES string of the molecule is COc1cc(Nc2nc(CNCC3=CCCC=C3)cc(COCC(F)(F)F)n2)ccc1-c1cnnc(C)c1. The van der Waals surface area contributed by atoms with Gasteiger partial charge in [0, 0.05) is 36.0 Å². The molecule has 1 aliphatic rings. The second-order valence-corrected chi connectivity index (χ2v) is 8.77. The van der Waals surface area contributed by atoms with Crippen LogP contribution in [0.2, 0.25) is 0 Å². The van der Waals surface area contributed by atoms with Crippen molar-refractivity contribution in [1.29, 1.82) is 0 Å². The first-order valence-electron chi connectivity index (χ1n) is 12.1. The average Bonchev–Trinajstić information content (AvgIpc) is 2.88. The van der Waals surface area contributed by atoms with Crippen LogP contribution in [0, 0.1) is 6.92 Å². The van der Waals surface area contributed by atoms with Gasteiger partial charge in [-0.05, 0) is 49.6 Å². The van der Waals surface area contributed by atoms with Gasteiger partial charge in [-0.25, -0.2) is 9.97 Å². The predicted molar refractivity (Wildman–Crippen MR) is 138 cm³/mol. The molecule has 0 amide bonds. The molecule has 0 fully saturated rings. The van der Waals surface area contributed by atoms with Gasteiger partial charge in [-0.2, -0.15) is 23.4 Å². The van der Waals surface area contributed by atoms with Crippen molar-refractivity contribution in [2.24, 2.45) is 0 Å². The second kappa shape index (κ2) is 12.6. The number of anilines is 2. The Balaban J connectivity index is 1.52. The number of aromatic nitrogens is 4. The van der Waals surface area contributed by atoms with E-state index in [0.717, 1.165) is 29.7 Å². The molecule has 1 aliphatic carbocycles. The molecule has 8 nitrogen and oxygen atoms in total. The van der Waals surface area contributed by atoms with E-state index < -0.39 is 12.8 Å². The number of hydrogen-bond donors (Lipinski definition) is 2. The molecule has 200 valence electrons. The molecule has 0 atom stereocenters. The number of nitrogens with zero attached hydrogens (tertiary/aromatic N) is 4. The molecule has 4 rings (SSSR count). The summed E-state index contributed by atoms with van der Waals surface area (Å²) in [7, 11) is 1.57. The van der Waals surface area contributed by atoms with Gasteiger partial charge in [0.2, 0.25) is 5.95 Å². The molecule has 2 N–H and O–H groups in total. The number of ether oxygens (including phenoxy) is 2. The molecule has 3 aromatic rings. The Labute approximate surface area is 219 Å². The van der Waals surface area contributed by atoms with Crippen LogP contribution in [0.25, 0.3) is 11.1 Å². The number of rotatable bonds is 11. The van der Waals surface area contributed by atoms with Gasteiger partial charge in [-0.15, -0.1) is 0 Å². The summed E-state index contributed by atoms with van der Waals surface area (Å²) in [6.07, 6.45) is 5.68. The third-order valence-electron chi connectivity index (χ3n) is 5.60. The Morgan fingerprint density at radius 2 is 1.87 bits per heavy atom. The average molecular weight is 527 g/mol. The Kier molecular flexibility index (Phi) is 9.03. The van der Waals surface area contributed by atoms with Crippen LogP contribution in [-0.2, 0) is 17.9 Å². The number of allylic oxidation sites excluding steroid dienone is 2. The third-order valence-corrected chi connectivity index (χ3v) is 5.60. The Hall–Kier alpha value is -3.83. The van der Waals surface area contributed by atoms with Crippen molar-refractivity contribution in [2.75, 3.05) is 25.6 Å². The van der Waals surface area contributed by atoms with Crippen LogP contribution in [0.5, 0.6) is 5.75 Å². The summed E-state index contributed by atoms with van der Waals surface area (Å²) < 4.78 is 48.2. The molecule has 0 bridgehead atoms. The van der Waals surface area contributed by atoms with E-state index in [1.54, 1.807) is 25.4 Å². The van der Waals surface area contributed by atoms with Crippen molar-refractivity contribution in [2.45, 2.75) is 39.1 Å². The Bertz CT molecular complexity index is 1310. The smallest absolute Gasteiger partial charge is 0.411 e. The number of hydrogen-bond acceptors (Lipinski definition) is 8. The highest BCUT2D eigenvalue weighted by atomic mass is 19.4. The number of benzene rings is 1. The maximum atomic E-state index is 12.6. The monoisotopic (exact) mass is 526 g/mol. The van der Waals surface area contributed by atoms with E-state index >= 15 is 0 Å². The quantitative estimate of drug-likeness (QED) is 0.341. The van der Waals surface area contributed by atoms with Crippen LogP contribution in [0.1, 0.15) is 29.9 Å². The minimum atomic E-state index is -4.42. The van der Waals surface area contributed by atoms with Crippen molar-refractivity contribution < 1.29 is 22.6 Å². The fourth-order valence-corrected chi connectivity index (χ4v) is 3.94. The molecule has 0 radical (unpaired) electrons. The van der Waals surface area contributed by atoms with Gasteiger partial charge in [0.1, 0.15) is 12.4 Å². The summed E-state index contributed by atoms with van der Waals surface area (Å²) >= 11 is 0. The van der Waals surface area contributed by atoms with Crippen molar-refractivity contribution in [1.82, 2.24) is 25.5 Å². The summed E-state index contributed by atoms with van der Waals surface area (Å²) in [6.45, 7) is 1.28. The molecule has 0 unspecified atom stereocenters. The van der Waals surface area contributed by atoms with Crippen LogP contribution in [0.3, 0.4) is 0 Å². The van der Waals surface area contributed by atoms with E-state index in [2.05, 4.69) is 49.0 Å². The lowest BCUT2D eigenvalue weighted by atomic mass is 10.1. The van der Waals surface area contributed by atoms with Crippen molar-refractivity contribution in [3.05, 3.63) is 77.4 Å². The van der Waals surface area contributed by atoms with Crippen LogP contribution in [-0.4, -0.2) is 46.6 Å². The first-order valence-corrected chi connectivity index (χ1v) is 12.1. The fourth-order valence-electron chi connectivity index (χ4n) is 3.94. The lowest BCUT2D eigenvalue weighted by Gasteiger charge is -2.14. The number of aryl methyl sites for hydroxylation is 1. The third kappa shape index (κ3) is 8.09. The molecule has 0 aliphatic heterocycles. The van der Waals surface area contributed by atoms with Crippen molar-refractivity contribution >= 4 is 11.6 Å². The minimum Gasteiger partial charge on any atom is -0.496 e. The molecule has 0 saturated heterocycles. The maximum Gasteiger partial charge on any atom is 0.411 e. The highest BCUT2D eigenvalue weighted by molar-refractivity contribution is 5.74. The molecule has 2 heterocycles. The first kappa shape index (κ1) is 27.2. The second-order valence-electron chi connectivity index (χ2n) is 8.77. The van der Waals surface area contributed by atoms with Gasteiger partial charge in [-0.3, -0.25) is 0 Å². The van der Waals surface area contributed by atoms with Crippen LogP contribution >= 0.6 is 0 Å². The molecule has 1 aromatic carbocycles. The standard InChI is InChI=1S/C27H29F3N6O2/c1-18-10-20(14-32-36-18)24-9-8-21(12-25(24)37-2)33-26-34-22(15-31-13-19-6-4-3-5-7-19)11-23(35-26)16-38-17-27(28,29)30/h4,6-12,14,31H,3,5,13,15-17H2,1-2H3,(H,33,34,35). The van der Waals surface area contributed by atoms with Crippen LogP contribution in [0.4, 0.5) is 24.8 Å². The highest BCUT2D eigenvalue weighted by Gasteiger charge is 2.27. The van der Waals surface area contributed by atoms with Gasteiger partial charge in [0.05, 0.1) is 37.0 Å². The van der Waals surface area contributed by atoms with E-state index in [9.17, 15) is 13.2 Å². The van der Waals surface area contributed by atoms with E-state index in [1.165, 1.54) is 5.57 Å². The molecule has 11 heteroatoms. The normalized spacial score (nSPS) is 13.3. The van der Waals surface area contributed by atoms with Gasteiger partial charge >= 0.3 is 6.18 Å². The van der Waals surface area contributed by atoms with Gasteiger partial charge < -0.3 is 20.1 Å². The van der Waals surface area contributed by atoms with Gasteiger partial charge in [0.15, 0.2) is 0 Å². The van der Waals surface area contributed by atoms with Crippen LogP contribution in [0.15, 0.2) is 60.3 Å². The molecule has 0 spiro atoms. The number of nitrogens with one attached hydrogen (secondary N) is 2. The summed E-state index contributed by atoms with van der Waals surface area (Å²) in [5.41, 5.74) is 5.26. The number of alkyl halides is 3. The highest BCUT2D eigenvalue weighted by Crippen LogP contribution is 2.33. The molecular weight excluding hydrogens is 497 g/mol. The van der Waals surface area contributed by atoms with E-state index in [-0.39, 0.29) is 12.6 Å².